The number of nitrogens with one attached hydrogen (secondary N) is 3. The first-order valence-corrected chi connectivity index (χ1v) is 11.7. The number of hydrogen-bond acceptors (Lipinski definition) is 8. The van der Waals surface area contributed by atoms with Crippen LogP contribution in [0.15, 0.2) is 66.0 Å². The summed E-state index contributed by atoms with van der Waals surface area (Å²) in [6.07, 6.45) is 0. The van der Waals surface area contributed by atoms with Gasteiger partial charge in [-0.1, -0.05) is 30.3 Å². The molecule has 0 saturated heterocycles. The number of fused-ring (bicyclic) bond motifs is 2. The van der Waals surface area contributed by atoms with Crippen molar-refractivity contribution in [2.24, 2.45) is 0 Å². The molecule has 0 spiro atoms. The molecule has 0 fully saturated rings. The molecule has 0 unspecified atom stereocenters. The predicted molar refractivity (Wildman–Crippen MR) is 140 cm³/mol. The van der Waals surface area contributed by atoms with E-state index in [1.807, 2.05) is 53.9 Å². The van der Waals surface area contributed by atoms with E-state index in [-0.39, 0.29) is 17.5 Å². The second-order valence-corrected chi connectivity index (χ2v) is 8.73. The Bertz CT molecular complexity index is 1580. The lowest BCUT2D eigenvalue weighted by Crippen LogP contribution is -2.18. The molecule has 0 radical (unpaired) electrons. The van der Waals surface area contributed by atoms with Crippen LogP contribution in [-0.4, -0.2) is 26.8 Å². The van der Waals surface area contributed by atoms with Crippen LogP contribution in [0.25, 0.3) is 21.0 Å². The molecule has 5 rings (SSSR count). The van der Waals surface area contributed by atoms with E-state index in [9.17, 15) is 9.59 Å². The number of thiophene rings is 1. The number of nitrogens with zero attached hydrogens (tertiary/aromatic N) is 3. The minimum absolute atomic E-state index is 0.0159. The molecule has 5 N–H and O–H groups in total. The molecule has 0 aliphatic rings. The van der Waals surface area contributed by atoms with Gasteiger partial charge < -0.3 is 21.7 Å². The number of rotatable bonds is 6. The van der Waals surface area contributed by atoms with Crippen molar-refractivity contribution in [2.45, 2.75) is 13.5 Å². The first-order valence-electron chi connectivity index (χ1n) is 10.8. The van der Waals surface area contributed by atoms with Gasteiger partial charge >= 0.3 is 0 Å². The van der Waals surface area contributed by atoms with E-state index in [0.29, 0.717) is 23.6 Å². The van der Waals surface area contributed by atoms with Crippen LogP contribution >= 0.6 is 11.3 Å². The molecule has 174 valence electrons. The Labute approximate surface area is 204 Å². The van der Waals surface area contributed by atoms with Crippen molar-refractivity contribution >= 4 is 67.2 Å². The number of nitrogen functional groups attached to an aromatic ring is 1. The van der Waals surface area contributed by atoms with Gasteiger partial charge in [-0.3, -0.25) is 9.59 Å². The van der Waals surface area contributed by atoms with Gasteiger partial charge in [0.15, 0.2) is 0 Å². The lowest BCUT2D eigenvalue weighted by atomic mass is 10.1. The molecule has 0 bridgehead atoms. The second kappa shape index (κ2) is 9.35. The summed E-state index contributed by atoms with van der Waals surface area (Å²) in [5.74, 6) is 0.00698. The molecule has 3 aromatic heterocycles. The number of benzene rings is 2. The molecule has 2 aromatic carbocycles. The van der Waals surface area contributed by atoms with E-state index < -0.39 is 5.91 Å². The summed E-state index contributed by atoms with van der Waals surface area (Å²) in [5.41, 5.74) is 8.89. The Kier molecular flexibility index (Phi) is 5.94. The Morgan fingerprint density at radius 1 is 0.943 bits per heavy atom. The normalized spacial score (nSPS) is 10.9. The molecule has 5 aromatic rings. The number of pyridine rings is 1. The maximum Gasteiger partial charge on any atom is 0.294 e. The highest BCUT2D eigenvalue weighted by Crippen LogP contribution is 2.25. The van der Waals surface area contributed by atoms with E-state index >= 15 is 0 Å². The van der Waals surface area contributed by atoms with E-state index in [1.54, 1.807) is 12.1 Å². The number of anilines is 4. The van der Waals surface area contributed by atoms with E-state index in [2.05, 4.69) is 30.9 Å². The lowest BCUT2D eigenvalue weighted by Gasteiger charge is -2.13. The van der Waals surface area contributed by atoms with Gasteiger partial charge in [0.1, 0.15) is 11.6 Å². The second-order valence-electron chi connectivity index (χ2n) is 7.81. The monoisotopic (exact) mass is 483 g/mol. The number of nitrogens with two attached hydrogens (primary N) is 1. The van der Waals surface area contributed by atoms with E-state index in [4.69, 9.17) is 5.73 Å². The van der Waals surface area contributed by atoms with Gasteiger partial charge in [0, 0.05) is 23.7 Å². The van der Waals surface area contributed by atoms with Gasteiger partial charge in [0.05, 0.1) is 22.5 Å². The Balaban J connectivity index is 1.41. The van der Waals surface area contributed by atoms with Gasteiger partial charge in [-0.25, -0.2) is 15.0 Å². The number of hydrogen-bond donors (Lipinski definition) is 4. The zero-order valence-electron chi connectivity index (χ0n) is 18.7. The number of carbonyl (C=O) groups excluding carboxylic acids is 2. The maximum atomic E-state index is 12.9. The standard InChI is InChI=1S/C25H21N7O2S/c1-14(33)28-17-7-4-6-16(12-17)27-13-20-18-8-3-2-5-15(18)11-21(29-20)31-25(34)24-30-19-9-10-35-22(19)23(26)32-24/h2-12,27H,13H2,1H3,(H,28,33)(H2,26,30,32)(H,29,31,34). The molecule has 10 heteroatoms. The highest BCUT2D eigenvalue weighted by molar-refractivity contribution is 7.17. The summed E-state index contributed by atoms with van der Waals surface area (Å²) in [5, 5.41) is 12.6. The molecule has 0 atom stereocenters. The predicted octanol–water partition coefficient (Wildman–Crippen LogP) is 4.64. The average molecular weight is 484 g/mol. The third-order valence-corrected chi connectivity index (χ3v) is 6.16. The third kappa shape index (κ3) is 4.87. The summed E-state index contributed by atoms with van der Waals surface area (Å²) < 4.78 is 0.751. The molecular weight excluding hydrogens is 462 g/mol. The molecule has 35 heavy (non-hydrogen) atoms. The van der Waals surface area contributed by atoms with Crippen molar-refractivity contribution in [3.63, 3.8) is 0 Å². The summed E-state index contributed by atoms with van der Waals surface area (Å²) in [4.78, 5) is 37.4. The first kappa shape index (κ1) is 22.2. The quantitative estimate of drug-likeness (QED) is 0.276. The summed E-state index contributed by atoms with van der Waals surface area (Å²) in [7, 11) is 0. The smallest absolute Gasteiger partial charge is 0.294 e. The number of carbonyl (C=O) groups is 2. The van der Waals surface area contributed by atoms with Crippen molar-refractivity contribution in [3.05, 3.63) is 77.6 Å². The van der Waals surface area contributed by atoms with Crippen LogP contribution in [0.2, 0.25) is 0 Å². The van der Waals surface area contributed by atoms with Gasteiger partial charge in [-0.15, -0.1) is 11.3 Å². The third-order valence-electron chi connectivity index (χ3n) is 5.24. The molecular formula is C25H21N7O2S. The van der Waals surface area contributed by atoms with Crippen LogP contribution in [-0.2, 0) is 11.3 Å². The van der Waals surface area contributed by atoms with Gasteiger partial charge in [-0.05, 0) is 41.1 Å². The zero-order valence-corrected chi connectivity index (χ0v) is 19.5. The fourth-order valence-corrected chi connectivity index (χ4v) is 4.46. The highest BCUT2D eigenvalue weighted by atomic mass is 32.1. The Morgan fingerprint density at radius 2 is 1.77 bits per heavy atom. The lowest BCUT2D eigenvalue weighted by molar-refractivity contribution is -0.114. The van der Waals surface area contributed by atoms with Crippen LogP contribution in [0.3, 0.4) is 0 Å². The first-order chi connectivity index (χ1) is 17.0. The van der Waals surface area contributed by atoms with Crippen molar-refractivity contribution in [3.8, 4) is 0 Å². The summed E-state index contributed by atoms with van der Waals surface area (Å²) in [6, 6.07) is 18.8. The highest BCUT2D eigenvalue weighted by Gasteiger charge is 2.16. The molecule has 0 saturated carbocycles. The van der Waals surface area contributed by atoms with Crippen LogP contribution in [0.5, 0.6) is 0 Å². The van der Waals surface area contributed by atoms with Crippen molar-refractivity contribution in [1.82, 2.24) is 15.0 Å². The van der Waals surface area contributed by atoms with Crippen LogP contribution < -0.4 is 21.7 Å². The van der Waals surface area contributed by atoms with Gasteiger partial charge in [0.25, 0.3) is 5.91 Å². The van der Waals surface area contributed by atoms with Gasteiger partial charge in [-0.2, -0.15) is 0 Å². The SMILES string of the molecule is CC(=O)Nc1cccc(NCc2nc(NC(=O)c3nc(N)c4sccc4n3)cc3ccccc23)c1. The molecule has 0 aliphatic carbocycles. The topological polar surface area (TPSA) is 135 Å². The molecule has 2 amide bonds. The molecule has 3 heterocycles. The van der Waals surface area contributed by atoms with Gasteiger partial charge in [0.2, 0.25) is 11.7 Å². The van der Waals surface area contributed by atoms with Crippen LogP contribution in [0.1, 0.15) is 23.2 Å². The summed E-state index contributed by atoms with van der Waals surface area (Å²) in [6.45, 7) is 1.87. The minimum Gasteiger partial charge on any atom is -0.382 e. The fraction of sp³-hybridized carbons (Fsp3) is 0.0800. The van der Waals surface area contributed by atoms with E-state index in [1.165, 1.54) is 18.3 Å². The molecule has 0 aliphatic heterocycles. The van der Waals surface area contributed by atoms with Crippen LogP contribution in [0, 0.1) is 0 Å². The van der Waals surface area contributed by atoms with Crippen LogP contribution in [0.4, 0.5) is 23.0 Å². The summed E-state index contributed by atoms with van der Waals surface area (Å²) >= 11 is 1.43. The van der Waals surface area contributed by atoms with Crippen molar-refractivity contribution in [2.75, 3.05) is 21.7 Å². The Morgan fingerprint density at radius 3 is 2.63 bits per heavy atom. The van der Waals surface area contributed by atoms with Crippen molar-refractivity contribution in [1.29, 1.82) is 0 Å². The fourth-order valence-electron chi connectivity index (χ4n) is 3.73. The largest absolute Gasteiger partial charge is 0.382 e. The maximum absolute atomic E-state index is 12.9. The van der Waals surface area contributed by atoms with E-state index in [0.717, 1.165) is 26.9 Å². The van der Waals surface area contributed by atoms with Crippen molar-refractivity contribution < 1.29 is 9.59 Å². The number of amides is 2. The number of aromatic nitrogens is 3. The molecule has 9 nitrogen and oxygen atoms in total. The minimum atomic E-state index is -0.491. The Hall–Kier alpha value is -4.57. The zero-order chi connectivity index (χ0) is 24.4. The average Bonchev–Trinajstić information content (AvgIpc) is 3.32.